The van der Waals surface area contributed by atoms with E-state index in [9.17, 15) is 18.7 Å². The zero-order chi connectivity index (χ0) is 19.3. The lowest BCUT2D eigenvalue weighted by Gasteiger charge is -2.12. The van der Waals surface area contributed by atoms with Crippen molar-refractivity contribution in [2.24, 2.45) is 0 Å². The molecule has 0 amide bonds. The van der Waals surface area contributed by atoms with Crippen LogP contribution >= 0.6 is 0 Å². The number of aromatic hydroxyl groups is 1. The number of nitrogens with zero attached hydrogens (tertiary/aromatic N) is 2. The van der Waals surface area contributed by atoms with Gasteiger partial charge in [0.15, 0.2) is 17.9 Å². The summed E-state index contributed by atoms with van der Waals surface area (Å²) in [5.74, 6) is -1.54. The lowest BCUT2D eigenvalue weighted by Crippen LogP contribution is -1.99. The third kappa shape index (κ3) is 2.51. The van der Waals surface area contributed by atoms with E-state index in [4.69, 9.17) is 4.52 Å². The van der Waals surface area contributed by atoms with Gasteiger partial charge in [-0.3, -0.25) is 4.79 Å². The van der Waals surface area contributed by atoms with Crippen molar-refractivity contribution in [1.29, 1.82) is 0 Å². The highest BCUT2D eigenvalue weighted by atomic mass is 19.2. The minimum Gasteiger partial charge on any atom is -0.508 e. The van der Waals surface area contributed by atoms with Crippen LogP contribution in [-0.2, 0) is 0 Å². The van der Waals surface area contributed by atoms with E-state index in [0.29, 0.717) is 40.2 Å². The molecule has 27 heavy (non-hydrogen) atoms. The van der Waals surface area contributed by atoms with Crippen LogP contribution in [-0.4, -0.2) is 21.1 Å². The van der Waals surface area contributed by atoms with Gasteiger partial charge in [-0.1, -0.05) is 5.16 Å². The molecular formula is C20H14F2N2O3. The first kappa shape index (κ1) is 17.0. The highest BCUT2D eigenvalue weighted by Gasteiger charge is 2.25. The molecule has 7 heteroatoms. The number of hydrogen-bond acceptors (Lipinski definition) is 4. The zero-order valence-corrected chi connectivity index (χ0v) is 14.5. The van der Waals surface area contributed by atoms with Crippen LogP contribution in [0.4, 0.5) is 8.78 Å². The molecular weight excluding hydrogens is 354 g/mol. The topological polar surface area (TPSA) is 68.3 Å². The van der Waals surface area contributed by atoms with Crippen molar-refractivity contribution in [1.82, 2.24) is 9.72 Å². The first-order valence-electron chi connectivity index (χ1n) is 8.13. The van der Waals surface area contributed by atoms with Crippen molar-refractivity contribution >= 4 is 17.2 Å². The van der Waals surface area contributed by atoms with Gasteiger partial charge < -0.3 is 14.2 Å². The Bertz CT molecular complexity index is 1170. The molecule has 0 saturated heterocycles. The molecule has 0 unspecified atom stereocenters. The first-order chi connectivity index (χ1) is 12.9. The van der Waals surface area contributed by atoms with Gasteiger partial charge in [0.2, 0.25) is 0 Å². The van der Waals surface area contributed by atoms with Gasteiger partial charge in [-0.15, -0.1) is 0 Å². The maximum absolute atomic E-state index is 14.0. The number of phenols is 1. The van der Waals surface area contributed by atoms with E-state index < -0.39 is 11.6 Å². The molecule has 0 bridgehead atoms. The summed E-state index contributed by atoms with van der Waals surface area (Å²) in [5.41, 5.74) is 2.61. The molecule has 0 aliphatic carbocycles. The SMILES string of the molecule is Cc1noc(C)c1-c1c(C=O)c2cc(F)c(F)cc2n1-c1ccc(O)cc1. The van der Waals surface area contributed by atoms with Crippen LogP contribution < -0.4 is 0 Å². The number of carbonyl (C=O) groups is 1. The number of benzene rings is 2. The number of fused-ring (bicyclic) bond motifs is 1. The Hall–Kier alpha value is -3.48. The van der Waals surface area contributed by atoms with Crippen LogP contribution in [0.2, 0.25) is 0 Å². The van der Waals surface area contributed by atoms with E-state index in [-0.39, 0.29) is 16.7 Å². The Balaban J connectivity index is 2.22. The molecule has 0 radical (unpaired) electrons. The zero-order valence-electron chi connectivity index (χ0n) is 14.5. The van der Waals surface area contributed by atoms with Gasteiger partial charge in [-0.25, -0.2) is 8.78 Å². The molecule has 0 aliphatic rings. The quantitative estimate of drug-likeness (QED) is 0.532. The van der Waals surface area contributed by atoms with Crippen molar-refractivity contribution in [3.8, 4) is 22.7 Å². The molecule has 0 atom stereocenters. The summed E-state index contributed by atoms with van der Waals surface area (Å²) < 4.78 is 34.8. The molecule has 1 N–H and O–H groups in total. The Kier molecular flexibility index (Phi) is 3.80. The van der Waals surface area contributed by atoms with E-state index >= 15 is 0 Å². The molecule has 136 valence electrons. The first-order valence-corrected chi connectivity index (χ1v) is 8.13. The van der Waals surface area contributed by atoms with Crippen LogP contribution in [0, 0.1) is 25.5 Å². The number of halogens is 2. The van der Waals surface area contributed by atoms with E-state index in [1.165, 1.54) is 12.1 Å². The Morgan fingerprint density at radius 2 is 1.78 bits per heavy atom. The third-order valence-corrected chi connectivity index (χ3v) is 4.54. The molecule has 2 aromatic heterocycles. The molecule has 0 fully saturated rings. The minimum absolute atomic E-state index is 0.0573. The van der Waals surface area contributed by atoms with Crippen molar-refractivity contribution < 1.29 is 23.2 Å². The van der Waals surface area contributed by atoms with Crippen LogP contribution in [0.1, 0.15) is 21.8 Å². The Morgan fingerprint density at radius 3 is 2.37 bits per heavy atom. The third-order valence-electron chi connectivity index (χ3n) is 4.54. The molecule has 4 aromatic rings. The fourth-order valence-electron chi connectivity index (χ4n) is 3.36. The maximum Gasteiger partial charge on any atom is 0.160 e. The second-order valence-corrected chi connectivity index (χ2v) is 6.21. The number of aryl methyl sites for hydroxylation is 2. The summed E-state index contributed by atoms with van der Waals surface area (Å²) in [7, 11) is 0. The number of carbonyl (C=O) groups excluding carboxylic acids is 1. The second kappa shape index (κ2) is 6.05. The van der Waals surface area contributed by atoms with Gasteiger partial charge in [-0.2, -0.15) is 0 Å². The van der Waals surface area contributed by atoms with Gasteiger partial charge in [0, 0.05) is 22.7 Å². The highest BCUT2D eigenvalue weighted by Crippen LogP contribution is 2.39. The standard InChI is InChI=1S/C20H14F2N2O3/c1-10-19(11(2)27-23-10)20-15(9-25)14-7-16(21)17(22)8-18(14)24(20)12-3-5-13(26)6-4-12/h3-9,26H,1-2H3. The van der Waals surface area contributed by atoms with Gasteiger partial charge in [0.1, 0.15) is 11.5 Å². The Labute approximate surface area is 152 Å². The molecule has 4 rings (SSSR count). The summed E-state index contributed by atoms with van der Waals surface area (Å²) in [4.78, 5) is 11.9. The van der Waals surface area contributed by atoms with Crippen molar-refractivity contribution in [2.75, 3.05) is 0 Å². The van der Waals surface area contributed by atoms with Crippen molar-refractivity contribution in [2.45, 2.75) is 13.8 Å². The minimum atomic E-state index is -1.04. The summed E-state index contributed by atoms with van der Waals surface area (Å²) in [6.45, 7) is 3.42. The molecule has 2 heterocycles. The van der Waals surface area contributed by atoms with Gasteiger partial charge in [-0.05, 0) is 44.2 Å². The largest absolute Gasteiger partial charge is 0.508 e. The molecule has 0 saturated carbocycles. The number of aromatic nitrogens is 2. The highest BCUT2D eigenvalue weighted by molar-refractivity contribution is 6.06. The smallest absolute Gasteiger partial charge is 0.160 e. The number of phenolic OH excluding ortho intramolecular Hbond substituents is 1. The molecule has 5 nitrogen and oxygen atoms in total. The maximum atomic E-state index is 14.0. The van der Waals surface area contributed by atoms with Crippen molar-refractivity contribution in [3.05, 3.63) is 65.1 Å². The summed E-state index contributed by atoms with van der Waals surface area (Å²) >= 11 is 0. The second-order valence-electron chi connectivity index (χ2n) is 6.21. The molecule has 0 spiro atoms. The number of aldehydes is 1. The lowest BCUT2D eigenvalue weighted by atomic mass is 10.0. The predicted molar refractivity (Wildman–Crippen MR) is 95.2 cm³/mol. The van der Waals surface area contributed by atoms with E-state index in [1.54, 1.807) is 30.5 Å². The van der Waals surface area contributed by atoms with Crippen LogP contribution in [0.3, 0.4) is 0 Å². The summed E-state index contributed by atoms with van der Waals surface area (Å²) in [5, 5.41) is 13.8. The lowest BCUT2D eigenvalue weighted by molar-refractivity contribution is 0.112. The normalized spacial score (nSPS) is 11.3. The average Bonchev–Trinajstić information content (AvgIpc) is 3.12. The fraction of sp³-hybridized carbons (Fsp3) is 0.100. The number of rotatable bonds is 3. The van der Waals surface area contributed by atoms with Crippen LogP contribution in [0.5, 0.6) is 5.75 Å². The van der Waals surface area contributed by atoms with Gasteiger partial charge >= 0.3 is 0 Å². The predicted octanol–water partition coefficient (Wildman–Crippen LogP) is 4.70. The van der Waals surface area contributed by atoms with Crippen molar-refractivity contribution in [3.63, 3.8) is 0 Å². The number of hydrogen-bond donors (Lipinski definition) is 1. The summed E-state index contributed by atoms with van der Waals surface area (Å²) in [6, 6.07) is 8.23. The Morgan fingerprint density at radius 1 is 1.11 bits per heavy atom. The van der Waals surface area contributed by atoms with Gasteiger partial charge in [0.25, 0.3) is 0 Å². The molecule has 2 aromatic carbocycles. The van der Waals surface area contributed by atoms with Crippen LogP contribution in [0.25, 0.3) is 27.8 Å². The molecule has 0 aliphatic heterocycles. The average molecular weight is 368 g/mol. The fourth-order valence-corrected chi connectivity index (χ4v) is 3.36. The van der Waals surface area contributed by atoms with Crippen LogP contribution in [0.15, 0.2) is 40.9 Å². The summed E-state index contributed by atoms with van der Waals surface area (Å²) in [6.07, 6.45) is 0.609. The van der Waals surface area contributed by atoms with E-state index in [2.05, 4.69) is 5.16 Å². The van der Waals surface area contributed by atoms with E-state index in [1.807, 2.05) is 0 Å². The monoisotopic (exact) mass is 368 g/mol. The van der Waals surface area contributed by atoms with Gasteiger partial charge in [0.05, 0.1) is 22.5 Å². The van der Waals surface area contributed by atoms with E-state index in [0.717, 1.165) is 12.1 Å².